The second kappa shape index (κ2) is 9.38. The highest BCUT2D eigenvalue weighted by atomic mass is 32.2. The van der Waals surface area contributed by atoms with Crippen LogP contribution in [0.15, 0.2) is 24.4 Å². The number of nitrogens with one attached hydrogen (secondary N) is 1. The third-order valence-corrected chi connectivity index (χ3v) is 3.33. The Labute approximate surface area is 116 Å². The average molecular weight is 282 g/mol. The van der Waals surface area contributed by atoms with E-state index in [1.54, 1.807) is 18.0 Å². The summed E-state index contributed by atoms with van der Waals surface area (Å²) < 4.78 is 0. The molecule has 0 bridgehead atoms. The van der Waals surface area contributed by atoms with Crippen LogP contribution in [0.1, 0.15) is 25.0 Å². The lowest BCUT2D eigenvalue weighted by atomic mass is 10.3. The van der Waals surface area contributed by atoms with Crippen molar-refractivity contribution in [2.24, 2.45) is 0 Å². The molecule has 0 saturated heterocycles. The van der Waals surface area contributed by atoms with Crippen molar-refractivity contribution < 1.29 is 14.7 Å². The Morgan fingerprint density at radius 1 is 1.32 bits per heavy atom. The molecule has 1 aromatic heterocycles. The van der Waals surface area contributed by atoms with Gasteiger partial charge in [-0.15, -0.1) is 0 Å². The van der Waals surface area contributed by atoms with E-state index in [1.165, 1.54) is 0 Å². The highest BCUT2D eigenvalue weighted by Crippen LogP contribution is 2.10. The van der Waals surface area contributed by atoms with Crippen LogP contribution in [0.4, 0.5) is 0 Å². The molecular weight excluding hydrogens is 264 g/mol. The van der Waals surface area contributed by atoms with E-state index in [0.29, 0.717) is 19.4 Å². The minimum Gasteiger partial charge on any atom is -0.481 e. The molecule has 0 atom stereocenters. The monoisotopic (exact) mass is 282 g/mol. The SMILES string of the molecule is O=C(O)CCCNC(=O)CCSCc1ccccn1. The number of rotatable bonds is 9. The molecule has 5 nitrogen and oxygen atoms in total. The van der Waals surface area contributed by atoms with Crippen LogP contribution in [-0.2, 0) is 15.3 Å². The first-order valence-corrected chi connectivity index (χ1v) is 7.30. The van der Waals surface area contributed by atoms with Crippen LogP contribution in [0.2, 0.25) is 0 Å². The Kier molecular flexibility index (Phi) is 7.65. The molecular formula is C13H18N2O3S. The Balaban J connectivity index is 2.00. The van der Waals surface area contributed by atoms with Crippen LogP contribution in [0.5, 0.6) is 0 Å². The van der Waals surface area contributed by atoms with E-state index in [9.17, 15) is 9.59 Å². The molecule has 6 heteroatoms. The molecule has 0 saturated carbocycles. The molecule has 1 heterocycles. The summed E-state index contributed by atoms with van der Waals surface area (Å²) in [5.41, 5.74) is 1.01. The largest absolute Gasteiger partial charge is 0.481 e. The normalized spacial score (nSPS) is 10.1. The fraction of sp³-hybridized carbons (Fsp3) is 0.462. The quantitative estimate of drug-likeness (QED) is 0.674. The van der Waals surface area contributed by atoms with Gasteiger partial charge in [-0.1, -0.05) is 6.07 Å². The van der Waals surface area contributed by atoms with Crippen LogP contribution < -0.4 is 5.32 Å². The lowest BCUT2D eigenvalue weighted by Crippen LogP contribution is -2.25. The summed E-state index contributed by atoms with van der Waals surface area (Å²) in [5, 5.41) is 11.1. The van der Waals surface area contributed by atoms with Gasteiger partial charge in [0.1, 0.15) is 0 Å². The van der Waals surface area contributed by atoms with E-state index in [-0.39, 0.29) is 12.3 Å². The molecule has 0 aliphatic rings. The Bertz CT molecular complexity index is 398. The fourth-order valence-electron chi connectivity index (χ4n) is 1.38. The van der Waals surface area contributed by atoms with E-state index >= 15 is 0 Å². The van der Waals surface area contributed by atoms with Crippen LogP contribution in [0.3, 0.4) is 0 Å². The van der Waals surface area contributed by atoms with Crippen molar-refractivity contribution in [2.45, 2.75) is 25.0 Å². The lowest BCUT2D eigenvalue weighted by Gasteiger charge is -2.04. The summed E-state index contributed by atoms with van der Waals surface area (Å²) in [6.07, 6.45) is 2.77. The molecule has 0 unspecified atom stereocenters. The third kappa shape index (κ3) is 8.20. The van der Waals surface area contributed by atoms with Gasteiger partial charge in [0.25, 0.3) is 0 Å². The van der Waals surface area contributed by atoms with Crippen molar-refractivity contribution in [1.29, 1.82) is 0 Å². The molecule has 0 aliphatic heterocycles. The number of amides is 1. The Morgan fingerprint density at radius 3 is 2.84 bits per heavy atom. The maximum absolute atomic E-state index is 11.4. The van der Waals surface area contributed by atoms with Gasteiger partial charge >= 0.3 is 5.97 Å². The van der Waals surface area contributed by atoms with Crippen molar-refractivity contribution in [1.82, 2.24) is 10.3 Å². The predicted molar refractivity (Wildman–Crippen MR) is 74.9 cm³/mol. The Morgan fingerprint density at radius 2 is 2.16 bits per heavy atom. The summed E-state index contributed by atoms with van der Waals surface area (Å²) in [5.74, 6) is 0.674. The van der Waals surface area contributed by atoms with E-state index in [1.807, 2.05) is 18.2 Å². The second-order valence-corrected chi connectivity index (χ2v) is 5.08. The number of hydrogen-bond donors (Lipinski definition) is 2. The maximum Gasteiger partial charge on any atom is 0.303 e. The van der Waals surface area contributed by atoms with Gasteiger partial charge in [-0.2, -0.15) is 11.8 Å². The van der Waals surface area contributed by atoms with E-state index in [2.05, 4.69) is 10.3 Å². The van der Waals surface area contributed by atoms with Gasteiger partial charge in [0.05, 0.1) is 5.69 Å². The van der Waals surface area contributed by atoms with Gasteiger partial charge in [0, 0.05) is 37.1 Å². The molecule has 104 valence electrons. The van der Waals surface area contributed by atoms with Crippen LogP contribution >= 0.6 is 11.8 Å². The maximum atomic E-state index is 11.4. The summed E-state index contributed by atoms with van der Waals surface area (Å²) in [7, 11) is 0. The number of aromatic nitrogens is 1. The van der Waals surface area contributed by atoms with Gasteiger partial charge in [-0.25, -0.2) is 0 Å². The fourth-order valence-corrected chi connectivity index (χ4v) is 2.23. The summed E-state index contributed by atoms with van der Waals surface area (Å²) >= 11 is 1.66. The van der Waals surface area contributed by atoms with E-state index in [4.69, 9.17) is 5.11 Å². The smallest absolute Gasteiger partial charge is 0.303 e. The van der Waals surface area contributed by atoms with Crippen molar-refractivity contribution in [3.05, 3.63) is 30.1 Å². The summed E-state index contributed by atoms with van der Waals surface area (Å²) in [6, 6.07) is 5.77. The first-order chi connectivity index (χ1) is 9.18. The van der Waals surface area contributed by atoms with Crippen molar-refractivity contribution in [3.63, 3.8) is 0 Å². The van der Waals surface area contributed by atoms with Crippen LogP contribution in [-0.4, -0.2) is 34.3 Å². The number of aliphatic carboxylic acids is 1. The minimum atomic E-state index is -0.833. The average Bonchev–Trinajstić information content (AvgIpc) is 2.41. The zero-order valence-corrected chi connectivity index (χ0v) is 11.5. The van der Waals surface area contributed by atoms with Gasteiger partial charge in [0.15, 0.2) is 0 Å². The van der Waals surface area contributed by atoms with E-state index in [0.717, 1.165) is 17.2 Å². The second-order valence-electron chi connectivity index (χ2n) is 3.97. The number of carbonyl (C=O) groups is 2. The number of hydrogen-bond acceptors (Lipinski definition) is 4. The molecule has 0 radical (unpaired) electrons. The van der Waals surface area contributed by atoms with Gasteiger partial charge in [-0.3, -0.25) is 14.6 Å². The van der Waals surface area contributed by atoms with Crippen LogP contribution in [0, 0.1) is 0 Å². The lowest BCUT2D eigenvalue weighted by molar-refractivity contribution is -0.137. The molecule has 2 N–H and O–H groups in total. The van der Waals surface area contributed by atoms with E-state index < -0.39 is 5.97 Å². The Hall–Kier alpha value is -1.56. The molecule has 0 fully saturated rings. The zero-order valence-electron chi connectivity index (χ0n) is 10.7. The van der Waals surface area contributed by atoms with Gasteiger partial charge < -0.3 is 10.4 Å². The van der Waals surface area contributed by atoms with Crippen molar-refractivity contribution in [3.8, 4) is 0 Å². The highest BCUT2D eigenvalue weighted by Gasteiger charge is 2.02. The summed E-state index contributed by atoms with van der Waals surface area (Å²) in [6.45, 7) is 0.427. The molecule has 0 aromatic carbocycles. The topological polar surface area (TPSA) is 79.3 Å². The first-order valence-electron chi connectivity index (χ1n) is 6.14. The number of pyridine rings is 1. The van der Waals surface area contributed by atoms with Crippen molar-refractivity contribution >= 4 is 23.6 Å². The molecule has 0 spiro atoms. The van der Waals surface area contributed by atoms with Gasteiger partial charge in [-0.05, 0) is 18.6 Å². The minimum absolute atomic E-state index is 0.0288. The zero-order chi connectivity index (χ0) is 13.9. The number of carbonyl (C=O) groups excluding carboxylic acids is 1. The predicted octanol–water partition coefficient (Wildman–Crippen LogP) is 1.69. The highest BCUT2D eigenvalue weighted by molar-refractivity contribution is 7.98. The summed E-state index contributed by atoms with van der Waals surface area (Å²) in [4.78, 5) is 25.9. The number of nitrogens with zero attached hydrogens (tertiary/aromatic N) is 1. The number of carboxylic acids is 1. The molecule has 1 amide bonds. The molecule has 19 heavy (non-hydrogen) atoms. The first kappa shape index (κ1) is 15.5. The molecule has 1 aromatic rings. The standard InChI is InChI=1S/C13H18N2O3S/c16-12(15-8-3-5-13(17)18)6-9-19-10-11-4-1-2-7-14-11/h1-2,4,7H,3,5-6,8-10H2,(H,15,16)(H,17,18). The van der Waals surface area contributed by atoms with Gasteiger partial charge in [0.2, 0.25) is 5.91 Å². The molecule has 1 rings (SSSR count). The number of carboxylic acid groups (broad SMARTS) is 1. The van der Waals surface area contributed by atoms with Crippen molar-refractivity contribution in [2.75, 3.05) is 12.3 Å². The third-order valence-electron chi connectivity index (χ3n) is 2.34. The van der Waals surface area contributed by atoms with Crippen LogP contribution in [0.25, 0.3) is 0 Å². The molecule has 0 aliphatic carbocycles. The number of thioether (sulfide) groups is 1.